The Morgan fingerprint density at radius 2 is 1.90 bits per heavy atom. The first-order valence-electron chi connectivity index (χ1n) is 8.62. The van der Waals surface area contributed by atoms with Crippen molar-refractivity contribution >= 4 is 29.2 Å². The third-order valence-corrected chi connectivity index (χ3v) is 4.10. The monoisotopic (exact) mass is 392 g/mol. The number of rotatable bonds is 5. The first-order valence-corrected chi connectivity index (χ1v) is 8.62. The number of hydrogen-bond acceptors (Lipinski definition) is 8. The lowest BCUT2D eigenvalue weighted by molar-refractivity contribution is 0.0602. The van der Waals surface area contributed by atoms with Gasteiger partial charge in [-0.05, 0) is 30.3 Å². The molecular formula is C20H16N4O5. The number of hydrogen-bond donors (Lipinski definition) is 2. The molecule has 29 heavy (non-hydrogen) atoms. The smallest absolute Gasteiger partial charge is 0.339 e. The fourth-order valence-corrected chi connectivity index (χ4v) is 2.72. The zero-order valence-corrected chi connectivity index (χ0v) is 15.3. The molecule has 1 aromatic heterocycles. The minimum Gasteiger partial charge on any atom is -0.465 e. The highest BCUT2D eigenvalue weighted by atomic mass is 16.7. The van der Waals surface area contributed by atoms with E-state index in [4.69, 9.17) is 14.2 Å². The molecule has 9 nitrogen and oxygen atoms in total. The second-order valence-corrected chi connectivity index (χ2v) is 5.95. The Bertz CT molecular complexity index is 1090. The van der Waals surface area contributed by atoms with Crippen molar-refractivity contribution in [3.63, 3.8) is 0 Å². The van der Waals surface area contributed by atoms with Gasteiger partial charge in [0.15, 0.2) is 11.5 Å². The summed E-state index contributed by atoms with van der Waals surface area (Å²) in [5.41, 5.74) is 1.38. The molecule has 0 unspecified atom stereocenters. The van der Waals surface area contributed by atoms with Gasteiger partial charge in [0.2, 0.25) is 12.7 Å². The fraction of sp³-hybridized carbons (Fsp3) is 0.100. The van der Waals surface area contributed by atoms with Gasteiger partial charge in [0.05, 0.1) is 18.4 Å². The SMILES string of the molecule is COC(=O)c1ccccc1NC(=O)c1ccnc(Nc2ccc3c(c2)OCO3)n1. The van der Waals surface area contributed by atoms with Gasteiger partial charge in [0.25, 0.3) is 5.91 Å². The number of methoxy groups -OCH3 is 1. The standard InChI is InChI=1S/C20H16N4O5/c1-27-19(26)13-4-2-3-5-14(13)23-18(25)15-8-9-21-20(24-15)22-12-6-7-16-17(10-12)29-11-28-16/h2-10H,11H2,1H3,(H,23,25)(H,21,22,24). The summed E-state index contributed by atoms with van der Waals surface area (Å²) in [4.78, 5) is 32.8. The third kappa shape index (κ3) is 3.93. The van der Waals surface area contributed by atoms with Crippen LogP contribution >= 0.6 is 0 Å². The normalized spacial score (nSPS) is 11.6. The molecule has 3 aromatic rings. The largest absolute Gasteiger partial charge is 0.465 e. The number of ether oxygens (including phenoxy) is 3. The van der Waals surface area contributed by atoms with Crippen LogP contribution in [0, 0.1) is 0 Å². The van der Waals surface area contributed by atoms with Crippen LogP contribution in [0.1, 0.15) is 20.8 Å². The lowest BCUT2D eigenvalue weighted by atomic mass is 10.1. The Morgan fingerprint density at radius 1 is 1.07 bits per heavy atom. The fourth-order valence-electron chi connectivity index (χ4n) is 2.72. The van der Waals surface area contributed by atoms with E-state index in [0.717, 1.165) is 0 Å². The number of para-hydroxylation sites is 1. The second-order valence-electron chi connectivity index (χ2n) is 5.95. The second kappa shape index (κ2) is 7.85. The zero-order chi connectivity index (χ0) is 20.2. The number of nitrogens with one attached hydrogen (secondary N) is 2. The van der Waals surface area contributed by atoms with Gasteiger partial charge >= 0.3 is 5.97 Å². The van der Waals surface area contributed by atoms with Crippen molar-refractivity contribution in [2.75, 3.05) is 24.5 Å². The van der Waals surface area contributed by atoms with Crippen molar-refractivity contribution in [1.82, 2.24) is 9.97 Å². The van der Waals surface area contributed by atoms with Gasteiger partial charge in [-0.2, -0.15) is 0 Å². The van der Waals surface area contributed by atoms with Crippen molar-refractivity contribution in [2.45, 2.75) is 0 Å². The van der Waals surface area contributed by atoms with Crippen molar-refractivity contribution in [3.05, 3.63) is 66.0 Å². The minimum atomic E-state index is -0.547. The molecular weight excluding hydrogens is 376 g/mol. The number of carbonyl (C=O) groups excluding carboxylic acids is 2. The molecule has 0 saturated heterocycles. The maximum atomic E-state index is 12.6. The molecule has 0 saturated carbocycles. The maximum Gasteiger partial charge on any atom is 0.339 e. The topological polar surface area (TPSA) is 112 Å². The molecule has 0 radical (unpaired) electrons. The number of esters is 1. The van der Waals surface area contributed by atoms with E-state index in [0.29, 0.717) is 22.9 Å². The van der Waals surface area contributed by atoms with Crippen LogP contribution in [0.2, 0.25) is 0 Å². The molecule has 0 bridgehead atoms. The molecule has 9 heteroatoms. The minimum absolute atomic E-state index is 0.128. The number of amides is 1. The van der Waals surface area contributed by atoms with Gasteiger partial charge in [-0.1, -0.05) is 12.1 Å². The molecule has 1 aliphatic heterocycles. The van der Waals surface area contributed by atoms with Crippen LogP contribution in [0.3, 0.4) is 0 Å². The maximum absolute atomic E-state index is 12.6. The number of carbonyl (C=O) groups is 2. The number of aromatic nitrogens is 2. The van der Waals surface area contributed by atoms with Crippen LogP contribution < -0.4 is 20.1 Å². The molecule has 2 aromatic carbocycles. The Labute approximate surface area is 165 Å². The summed E-state index contributed by atoms with van der Waals surface area (Å²) >= 11 is 0. The summed E-state index contributed by atoms with van der Waals surface area (Å²) in [5.74, 6) is 0.473. The Hall–Kier alpha value is -4.14. The molecule has 4 rings (SSSR count). The van der Waals surface area contributed by atoms with E-state index < -0.39 is 11.9 Å². The summed E-state index contributed by atoms with van der Waals surface area (Å²) in [5, 5.41) is 5.69. The van der Waals surface area contributed by atoms with Crippen molar-refractivity contribution in [2.24, 2.45) is 0 Å². The van der Waals surface area contributed by atoms with E-state index in [-0.39, 0.29) is 24.0 Å². The summed E-state index contributed by atoms with van der Waals surface area (Å²) in [7, 11) is 1.28. The highest BCUT2D eigenvalue weighted by molar-refractivity contribution is 6.07. The van der Waals surface area contributed by atoms with E-state index in [9.17, 15) is 9.59 Å². The van der Waals surface area contributed by atoms with E-state index >= 15 is 0 Å². The summed E-state index contributed by atoms with van der Waals surface area (Å²) < 4.78 is 15.4. The average Bonchev–Trinajstić information content (AvgIpc) is 3.21. The molecule has 0 fully saturated rings. The van der Waals surface area contributed by atoms with E-state index in [1.54, 1.807) is 42.5 Å². The Kier molecular flexibility index (Phi) is 4.93. The average molecular weight is 392 g/mol. The van der Waals surface area contributed by atoms with E-state index in [1.165, 1.54) is 19.4 Å². The lowest BCUT2D eigenvalue weighted by Gasteiger charge is -2.10. The molecule has 1 amide bonds. The highest BCUT2D eigenvalue weighted by Crippen LogP contribution is 2.34. The molecule has 2 N–H and O–H groups in total. The lowest BCUT2D eigenvalue weighted by Crippen LogP contribution is -2.17. The van der Waals surface area contributed by atoms with Crippen LogP contribution in [0.15, 0.2) is 54.7 Å². The summed E-state index contributed by atoms with van der Waals surface area (Å²) in [6, 6.07) is 13.3. The van der Waals surface area contributed by atoms with Crippen molar-refractivity contribution < 1.29 is 23.8 Å². The number of anilines is 3. The van der Waals surface area contributed by atoms with Gasteiger partial charge in [0.1, 0.15) is 5.69 Å². The predicted octanol–water partition coefficient (Wildman–Crippen LogP) is 2.99. The van der Waals surface area contributed by atoms with Gasteiger partial charge in [-0.15, -0.1) is 0 Å². The van der Waals surface area contributed by atoms with Crippen molar-refractivity contribution in [1.29, 1.82) is 0 Å². The first kappa shape index (κ1) is 18.2. The van der Waals surface area contributed by atoms with Gasteiger partial charge in [-0.25, -0.2) is 14.8 Å². The highest BCUT2D eigenvalue weighted by Gasteiger charge is 2.16. The van der Waals surface area contributed by atoms with Crippen LogP contribution in [0.5, 0.6) is 11.5 Å². The van der Waals surface area contributed by atoms with Crippen LogP contribution in [-0.4, -0.2) is 35.7 Å². The van der Waals surface area contributed by atoms with Crippen LogP contribution in [0.25, 0.3) is 0 Å². The number of benzene rings is 2. The zero-order valence-electron chi connectivity index (χ0n) is 15.3. The molecule has 1 aliphatic rings. The number of fused-ring (bicyclic) bond motifs is 1. The van der Waals surface area contributed by atoms with Gasteiger partial charge in [-0.3, -0.25) is 4.79 Å². The van der Waals surface area contributed by atoms with E-state index in [2.05, 4.69) is 20.6 Å². The van der Waals surface area contributed by atoms with Gasteiger partial charge < -0.3 is 24.8 Å². The van der Waals surface area contributed by atoms with Crippen molar-refractivity contribution in [3.8, 4) is 11.5 Å². The van der Waals surface area contributed by atoms with Crippen LogP contribution in [-0.2, 0) is 4.74 Å². The number of nitrogens with zero attached hydrogens (tertiary/aromatic N) is 2. The molecule has 0 spiro atoms. The van der Waals surface area contributed by atoms with Crippen LogP contribution in [0.4, 0.5) is 17.3 Å². The Balaban J connectivity index is 1.52. The molecule has 0 aliphatic carbocycles. The third-order valence-electron chi connectivity index (χ3n) is 4.10. The first-order chi connectivity index (χ1) is 14.1. The predicted molar refractivity (Wildman–Crippen MR) is 104 cm³/mol. The summed E-state index contributed by atoms with van der Waals surface area (Å²) in [6.07, 6.45) is 1.46. The molecule has 2 heterocycles. The molecule has 0 atom stereocenters. The summed E-state index contributed by atoms with van der Waals surface area (Å²) in [6.45, 7) is 0.179. The van der Waals surface area contributed by atoms with E-state index in [1.807, 2.05) is 0 Å². The molecule has 146 valence electrons. The van der Waals surface area contributed by atoms with Gasteiger partial charge in [0, 0.05) is 18.0 Å². The Morgan fingerprint density at radius 3 is 2.76 bits per heavy atom. The quantitative estimate of drug-likeness (QED) is 0.638.